The highest BCUT2D eigenvalue weighted by Crippen LogP contribution is 2.22. The predicted molar refractivity (Wildman–Crippen MR) is 114 cm³/mol. The molecule has 3 N–H and O–H groups in total. The number of nitrogens with two attached hydrogens (primary N) is 1. The van der Waals surface area contributed by atoms with Gasteiger partial charge in [0, 0.05) is 0 Å². The van der Waals surface area contributed by atoms with E-state index in [-0.39, 0.29) is 24.0 Å². The lowest BCUT2D eigenvalue weighted by atomic mass is 10.2. The summed E-state index contributed by atoms with van der Waals surface area (Å²) >= 11 is 0. The van der Waals surface area contributed by atoms with Crippen molar-refractivity contribution in [1.29, 1.82) is 0 Å². The van der Waals surface area contributed by atoms with Crippen LogP contribution in [0.3, 0.4) is 0 Å². The molecule has 0 aliphatic rings. The molecule has 5 nitrogen and oxygen atoms in total. The van der Waals surface area contributed by atoms with E-state index in [9.17, 15) is 0 Å². The molecule has 0 aliphatic carbocycles. The maximum atomic E-state index is 5.97. The number of halogens is 1. The molecule has 0 atom stereocenters. The fraction of sp³-hybridized carbons (Fsp3) is 0.316. The van der Waals surface area contributed by atoms with Crippen molar-refractivity contribution in [2.24, 2.45) is 16.6 Å². The van der Waals surface area contributed by atoms with Gasteiger partial charge in [-0.3, -0.25) is 0 Å². The molecule has 0 unspecified atom stereocenters. The van der Waals surface area contributed by atoms with Crippen molar-refractivity contribution < 1.29 is 9.47 Å². The molecule has 0 saturated carbocycles. The molecule has 0 fully saturated rings. The lowest BCUT2D eigenvalue weighted by Crippen LogP contribution is -2.22. The minimum Gasteiger partial charge on any atom is -0.495 e. The van der Waals surface area contributed by atoms with E-state index in [2.05, 4.69) is 24.2 Å². The number of methoxy groups -OCH3 is 1. The second kappa shape index (κ2) is 10.8. The van der Waals surface area contributed by atoms with Crippen molar-refractivity contribution in [3.05, 3.63) is 54.1 Å². The molecule has 6 heteroatoms. The van der Waals surface area contributed by atoms with Crippen molar-refractivity contribution in [2.45, 2.75) is 20.4 Å². The maximum absolute atomic E-state index is 5.97. The summed E-state index contributed by atoms with van der Waals surface area (Å²) < 4.78 is 11.0. The number of para-hydroxylation sites is 2. The molecule has 136 valence electrons. The normalized spacial score (nSPS) is 11.0. The van der Waals surface area contributed by atoms with Gasteiger partial charge in [0.1, 0.15) is 11.5 Å². The first kappa shape index (κ1) is 21.1. The van der Waals surface area contributed by atoms with Gasteiger partial charge in [0.25, 0.3) is 0 Å². The third-order valence-electron chi connectivity index (χ3n) is 3.28. The van der Waals surface area contributed by atoms with Gasteiger partial charge in [-0.1, -0.05) is 38.1 Å². The number of benzene rings is 2. The Bertz CT molecular complexity index is 690. The molecule has 2 aromatic carbocycles. The van der Waals surface area contributed by atoms with Crippen LogP contribution in [-0.4, -0.2) is 19.7 Å². The van der Waals surface area contributed by atoms with E-state index in [0.717, 1.165) is 22.7 Å². The molecule has 2 aromatic rings. The summed E-state index contributed by atoms with van der Waals surface area (Å²) in [7, 11) is 1.62. The van der Waals surface area contributed by atoms with Crippen LogP contribution in [-0.2, 0) is 6.54 Å². The number of hydrogen-bond donors (Lipinski definition) is 2. The number of rotatable bonds is 7. The number of nitrogens with one attached hydrogen (secondary N) is 1. The lowest BCUT2D eigenvalue weighted by Gasteiger charge is -2.11. The Morgan fingerprint density at radius 1 is 1.16 bits per heavy atom. The van der Waals surface area contributed by atoms with Crippen molar-refractivity contribution in [3.63, 3.8) is 0 Å². The zero-order valence-corrected chi connectivity index (χ0v) is 17.2. The molecular weight excluding hydrogens is 429 g/mol. The van der Waals surface area contributed by atoms with Crippen LogP contribution in [0, 0.1) is 5.92 Å². The van der Waals surface area contributed by atoms with Gasteiger partial charge in [-0.05, 0) is 35.7 Å². The summed E-state index contributed by atoms with van der Waals surface area (Å²) in [4.78, 5) is 4.37. The highest BCUT2D eigenvalue weighted by molar-refractivity contribution is 14.0. The van der Waals surface area contributed by atoms with Crippen LogP contribution in [0.2, 0.25) is 0 Å². The van der Waals surface area contributed by atoms with E-state index in [4.69, 9.17) is 15.2 Å². The zero-order valence-electron chi connectivity index (χ0n) is 14.9. The van der Waals surface area contributed by atoms with Gasteiger partial charge in [-0.25, -0.2) is 4.99 Å². The van der Waals surface area contributed by atoms with Crippen LogP contribution in [0.1, 0.15) is 19.4 Å². The van der Waals surface area contributed by atoms with Crippen LogP contribution in [0.25, 0.3) is 0 Å². The van der Waals surface area contributed by atoms with Gasteiger partial charge < -0.3 is 20.5 Å². The van der Waals surface area contributed by atoms with E-state index < -0.39 is 0 Å². The second-order valence-electron chi connectivity index (χ2n) is 5.88. The molecule has 0 radical (unpaired) electrons. The molecule has 0 bridgehead atoms. The summed E-state index contributed by atoms with van der Waals surface area (Å²) in [5, 5.41) is 3.06. The van der Waals surface area contributed by atoms with E-state index in [1.807, 2.05) is 48.5 Å². The number of hydrogen-bond acceptors (Lipinski definition) is 3. The van der Waals surface area contributed by atoms with Crippen molar-refractivity contribution >= 4 is 35.6 Å². The second-order valence-corrected chi connectivity index (χ2v) is 5.88. The topological polar surface area (TPSA) is 68.9 Å². The Hall–Kier alpha value is -1.96. The summed E-state index contributed by atoms with van der Waals surface area (Å²) in [5.74, 6) is 2.41. The fourth-order valence-corrected chi connectivity index (χ4v) is 2.10. The SMILES string of the molecule is COc1ccccc1NC(N)=NCc1cccc(OCC(C)C)c1.I. The first-order valence-electron chi connectivity index (χ1n) is 8.00. The van der Waals surface area contributed by atoms with E-state index in [0.29, 0.717) is 25.0 Å². The van der Waals surface area contributed by atoms with E-state index in [1.54, 1.807) is 7.11 Å². The standard InChI is InChI=1S/C19H25N3O2.HI/c1-14(2)13-24-16-8-6-7-15(11-16)12-21-19(20)22-17-9-4-5-10-18(17)23-3;/h4-11,14H,12-13H2,1-3H3,(H3,20,21,22);1H. The molecule has 0 aromatic heterocycles. The monoisotopic (exact) mass is 455 g/mol. The van der Waals surface area contributed by atoms with Gasteiger partial charge in [0.15, 0.2) is 5.96 Å². The summed E-state index contributed by atoms with van der Waals surface area (Å²) in [6.07, 6.45) is 0. The molecule has 0 saturated heterocycles. The summed E-state index contributed by atoms with van der Waals surface area (Å²) in [6, 6.07) is 15.5. The first-order chi connectivity index (χ1) is 11.6. The number of anilines is 1. The van der Waals surface area contributed by atoms with Crippen molar-refractivity contribution in [3.8, 4) is 11.5 Å². The van der Waals surface area contributed by atoms with E-state index in [1.165, 1.54) is 0 Å². The third-order valence-corrected chi connectivity index (χ3v) is 3.28. The first-order valence-corrected chi connectivity index (χ1v) is 8.00. The maximum Gasteiger partial charge on any atom is 0.193 e. The van der Waals surface area contributed by atoms with Crippen LogP contribution >= 0.6 is 24.0 Å². The summed E-state index contributed by atoms with van der Waals surface area (Å²) in [5.41, 5.74) is 7.80. The molecule has 0 aliphatic heterocycles. The molecule has 0 spiro atoms. The number of guanidine groups is 1. The van der Waals surface area contributed by atoms with E-state index >= 15 is 0 Å². The highest BCUT2D eigenvalue weighted by atomic mass is 127. The number of nitrogens with zero attached hydrogens (tertiary/aromatic N) is 1. The average Bonchev–Trinajstić information content (AvgIpc) is 2.59. The molecule has 0 heterocycles. The minimum absolute atomic E-state index is 0. The van der Waals surface area contributed by atoms with Gasteiger partial charge in [0.2, 0.25) is 0 Å². The molecular formula is C19H26IN3O2. The molecule has 0 amide bonds. The van der Waals surface area contributed by atoms with Gasteiger partial charge in [-0.15, -0.1) is 24.0 Å². The van der Waals surface area contributed by atoms with Crippen LogP contribution in [0.5, 0.6) is 11.5 Å². The van der Waals surface area contributed by atoms with Gasteiger partial charge in [-0.2, -0.15) is 0 Å². The smallest absolute Gasteiger partial charge is 0.193 e. The Balaban J connectivity index is 0.00000312. The Kier molecular flexibility index (Phi) is 9.12. The van der Waals surface area contributed by atoms with Crippen LogP contribution < -0.4 is 20.5 Å². The predicted octanol–water partition coefficient (Wildman–Crippen LogP) is 4.27. The minimum atomic E-state index is 0. The Morgan fingerprint density at radius 2 is 1.92 bits per heavy atom. The number of aliphatic imine (C=N–C) groups is 1. The molecule has 25 heavy (non-hydrogen) atoms. The van der Waals surface area contributed by atoms with Crippen molar-refractivity contribution in [2.75, 3.05) is 19.0 Å². The third kappa shape index (κ3) is 7.21. The zero-order chi connectivity index (χ0) is 17.4. The van der Waals surface area contributed by atoms with Gasteiger partial charge >= 0.3 is 0 Å². The number of ether oxygens (including phenoxy) is 2. The average molecular weight is 455 g/mol. The highest BCUT2D eigenvalue weighted by Gasteiger charge is 2.03. The Labute approximate surface area is 166 Å². The van der Waals surface area contributed by atoms with Gasteiger partial charge in [0.05, 0.1) is 25.9 Å². The molecule has 2 rings (SSSR count). The lowest BCUT2D eigenvalue weighted by molar-refractivity contribution is 0.271. The quantitative estimate of drug-likeness (QED) is 0.372. The van der Waals surface area contributed by atoms with Crippen LogP contribution in [0.15, 0.2) is 53.5 Å². The van der Waals surface area contributed by atoms with Crippen LogP contribution in [0.4, 0.5) is 5.69 Å². The Morgan fingerprint density at radius 3 is 2.64 bits per heavy atom. The summed E-state index contributed by atoms with van der Waals surface area (Å²) in [6.45, 7) is 5.42. The fourth-order valence-electron chi connectivity index (χ4n) is 2.10. The van der Waals surface area contributed by atoms with Crippen molar-refractivity contribution in [1.82, 2.24) is 0 Å². The largest absolute Gasteiger partial charge is 0.495 e.